The predicted molar refractivity (Wildman–Crippen MR) is 112 cm³/mol. The van der Waals surface area contributed by atoms with Crippen molar-refractivity contribution in [1.29, 1.82) is 0 Å². The van der Waals surface area contributed by atoms with Crippen LogP contribution in [0.25, 0.3) is 10.8 Å². The summed E-state index contributed by atoms with van der Waals surface area (Å²) in [5.41, 5.74) is 2.41. The van der Waals surface area contributed by atoms with E-state index in [-0.39, 0.29) is 23.8 Å². The smallest absolute Gasteiger partial charge is 0.335 e. The van der Waals surface area contributed by atoms with Gasteiger partial charge < -0.3 is 14.7 Å². The van der Waals surface area contributed by atoms with Gasteiger partial charge in [-0.2, -0.15) is 0 Å². The number of rotatable bonds is 4. The van der Waals surface area contributed by atoms with Crippen molar-refractivity contribution in [3.63, 3.8) is 0 Å². The Morgan fingerprint density at radius 2 is 1.83 bits per heavy atom. The molecule has 1 heterocycles. The van der Waals surface area contributed by atoms with Crippen LogP contribution in [0.4, 0.5) is 0 Å². The van der Waals surface area contributed by atoms with Crippen molar-refractivity contribution in [2.45, 2.75) is 13.0 Å². The van der Waals surface area contributed by atoms with E-state index in [9.17, 15) is 14.7 Å². The van der Waals surface area contributed by atoms with Crippen LogP contribution in [-0.2, 0) is 17.8 Å². The van der Waals surface area contributed by atoms with Gasteiger partial charge in [0.2, 0.25) is 0 Å². The number of aromatic carboxylic acids is 1. The molecule has 0 saturated heterocycles. The minimum atomic E-state index is -1.10. The molecule has 3 aromatic rings. The number of ether oxygens (including phenoxy) is 1. The second kappa shape index (κ2) is 7.93. The highest BCUT2D eigenvalue weighted by Crippen LogP contribution is 2.36. The Morgan fingerprint density at radius 3 is 2.59 bits per heavy atom. The number of carboxylic acid groups (broad SMARTS) is 1. The van der Waals surface area contributed by atoms with Crippen LogP contribution in [0, 0.1) is 0 Å². The Labute approximate surface area is 177 Å². The Morgan fingerprint density at radius 1 is 1.07 bits per heavy atom. The lowest BCUT2D eigenvalue weighted by Gasteiger charge is -2.28. The lowest BCUT2D eigenvalue weighted by molar-refractivity contribution is -0.134. The average molecular weight is 430 g/mol. The quantitative estimate of drug-likeness (QED) is 0.645. The molecule has 0 radical (unpaired) electrons. The zero-order chi connectivity index (χ0) is 20.5. The molecule has 1 aliphatic rings. The molecule has 3 aromatic carbocycles. The summed E-state index contributed by atoms with van der Waals surface area (Å²) in [6.07, 6.45) is 0.795. The van der Waals surface area contributed by atoms with E-state index in [2.05, 4.69) is 6.07 Å². The van der Waals surface area contributed by atoms with E-state index in [1.54, 1.807) is 17.0 Å². The third-order valence-electron chi connectivity index (χ3n) is 5.01. The van der Waals surface area contributed by atoms with Gasteiger partial charge in [0, 0.05) is 23.5 Å². The number of benzene rings is 3. The first-order valence-electron chi connectivity index (χ1n) is 9.06. The second-order valence-electron chi connectivity index (χ2n) is 6.89. The highest BCUT2D eigenvalue weighted by atomic mass is 35.5. The molecule has 1 amide bonds. The van der Waals surface area contributed by atoms with Crippen molar-refractivity contribution in [1.82, 2.24) is 4.90 Å². The standard InChI is InChI=1S/C22H17Cl2NO4/c23-17-8-15-7-16(22(27)28)9-19(21(15)18(24)10-17)29-12-20(26)25-6-5-13-3-1-2-4-14(13)11-25/h1-4,7-10H,5-6,11-12H2,(H,27,28). The maximum atomic E-state index is 12.7. The molecule has 0 atom stereocenters. The molecule has 0 unspecified atom stereocenters. The highest BCUT2D eigenvalue weighted by Gasteiger charge is 2.21. The topological polar surface area (TPSA) is 66.8 Å². The Balaban J connectivity index is 1.58. The molecule has 0 aromatic heterocycles. The molecule has 0 spiro atoms. The van der Waals surface area contributed by atoms with Crippen LogP contribution in [0.1, 0.15) is 21.5 Å². The van der Waals surface area contributed by atoms with Crippen molar-refractivity contribution in [2.75, 3.05) is 13.2 Å². The van der Waals surface area contributed by atoms with Crippen molar-refractivity contribution < 1.29 is 19.4 Å². The first kappa shape index (κ1) is 19.6. The van der Waals surface area contributed by atoms with Crippen molar-refractivity contribution in [3.8, 4) is 5.75 Å². The van der Waals surface area contributed by atoms with Crippen LogP contribution in [0.2, 0.25) is 10.0 Å². The SMILES string of the molecule is O=C(O)c1cc(OCC(=O)N2CCc3ccccc3C2)c2c(Cl)cc(Cl)cc2c1. The lowest BCUT2D eigenvalue weighted by Crippen LogP contribution is -2.38. The Bertz CT molecular complexity index is 1130. The van der Waals surface area contributed by atoms with Gasteiger partial charge in [0.05, 0.1) is 10.6 Å². The fourth-order valence-electron chi connectivity index (χ4n) is 3.57. The average Bonchev–Trinajstić information content (AvgIpc) is 2.70. The van der Waals surface area contributed by atoms with Crippen molar-refractivity contribution in [2.24, 2.45) is 0 Å². The van der Waals surface area contributed by atoms with Gasteiger partial charge in [-0.05, 0) is 47.2 Å². The van der Waals surface area contributed by atoms with Gasteiger partial charge in [-0.1, -0.05) is 47.5 Å². The van der Waals surface area contributed by atoms with Crippen molar-refractivity contribution in [3.05, 3.63) is 75.3 Å². The number of fused-ring (bicyclic) bond motifs is 2. The molecule has 0 aliphatic carbocycles. The van der Waals surface area contributed by atoms with Gasteiger partial charge in [0.1, 0.15) is 5.75 Å². The van der Waals surface area contributed by atoms with Crippen LogP contribution in [0.3, 0.4) is 0 Å². The third-order valence-corrected chi connectivity index (χ3v) is 5.53. The van der Waals surface area contributed by atoms with Gasteiger partial charge in [-0.25, -0.2) is 4.79 Å². The molecule has 148 valence electrons. The molecule has 0 bridgehead atoms. The molecule has 4 rings (SSSR count). The van der Waals surface area contributed by atoms with E-state index in [4.69, 9.17) is 27.9 Å². The molecule has 29 heavy (non-hydrogen) atoms. The van der Waals surface area contributed by atoms with Crippen molar-refractivity contribution >= 4 is 45.9 Å². The molecular weight excluding hydrogens is 413 g/mol. The molecule has 5 nitrogen and oxygen atoms in total. The number of halogens is 2. The summed E-state index contributed by atoms with van der Waals surface area (Å²) >= 11 is 12.4. The number of carbonyl (C=O) groups is 2. The molecule has 1 aliphatic heterocycles. The largest absolute Gasteiger partial charge is 0.483 e. The molecule has 0 saturated carbocycles. The van der Waals surface area contributed by atoms with Gasteiger partial charge >= 0.3 is 5.97 Å². The molecule has 7 heteroatoms. The summed E-state index contributed by atoms with van der Waals surface area (Å²) in [5.74, 6) is -1.03. The number of nitrogens with zero attached hydrogens (tertiary/aromatic N) is 1. The molecule has 1 N–H and O–H groups in total. The summed E-state index contributed by atoms with van der Waals surface area (Å²) in [5, 5.41) is 11.2. The first-order chi connectivity index (χ1) is 13.9. The van der Waals surface area contributed by atoms with Gasteiger partial charge in [-0.15, -0.1) is 0 Å². The normalized spacial score (nSPS) is 13.2. The van der Waals surface area contributed by atoms with E-state index < -0.39 is 5.97 Å². The van der Waals surface area contributed by atoms with Crippen LogP contribution < -0.4 is 4.74 Å². The monoisotopic (exact) mass is 429 g/mol. The zero-order valence-electron chi connectivity index (χ0n) is 15.3. The van der Waals surface area contributed by atoms with Crippen LogP contribution in [-0.4, -0.2) is 35.0 Å². The maximum Gasteiger partial charge on any atom is 0.335 e. The fourth-order valence-corrected chi connectivity index (χ4v) is 4.17. The van der Waals surface area contributed by atoms with E-state index in [0.717, 1.165) is 12.0 Å². The Hall–Kier alpha value is -2.76. The van der Waals surface area contributed by atoms with Gasteiger partial charge in [0.25, 0.3) is 5.91 Å². The summed E-state index contributed by atoms with van der Waals surface area (Å²) in [7, 11) is 0. The van der Waals surface area contributed by atoms with E-state index in [0.29, 0.717) is 33.9 Å². The van der Waals surface area contributed by atoms with Gasteiger partial charge in [0.15, 0.2) is 6.61 Å². The number of hydrogen-bond acceptors (Lipinski definition) is 3. The minimum absolute atomic E-state index is 0.0326. The number of carbonyl (C=O) groups excluding carboxylic acids is 1. The fraction of sp³-hybridized carbons (Fsp3) is 0.182. The lowest BCUT2D eigenvalue weighted by atomic mass is 10.00. The summed E-state index contributed by atoms with van der Waals surface area (Å²) < 4.78 is 5.75. The van der Waals surface area contributed by atoms with E-state index >= 15 is 0 Å². The van der Waals surface area contributed by atoms with Crippen LogP contribution >= 0.6 is 23.2 Å². The zero-order valence-corrected chi connectivity index (χ0v) is 16.8. The predicted octanol–water partition coefficient (Wildman–Crippen LogP) is 4.81. The molecular formula is C22H17Cl2NO4. The van der Waals surface area contributed by atoms with Crippen LogP contribution in [0.15, 0.2) is 48.5 Å². The molecule has 0 fully saturated rings. The maximum absolute atomic E-state index is 12.7. The van der Waals surface area contributed by atoms with E-state index in [1.165, 1.54) is 17.7 Å². The van der Waals surface area contributed by atoms with Gasteiger partial charge in [-0.3, -0.25) is 4.79 Å². The van der Waals surface area contributed by atoms with Crippen LogP contribution in [0.5, 0.6) is 5.75 Å². The summed E-state index contributed by atoms with van der Waals surface area (Å²) in [4.78, 5) is 25.9. The number of amides is 1. The first-order valence-corrected chi connectivity index (χ1v) is 9.81. The van der Waals surface area contributed by atoms with E-state index in [1.807, 2.05) is 18.2 Å². The second-order valence-corrected chi connectivity index (χ2v) is 7.73. The summed E-state index contributed by atoms with van der Waals surface area (Å²) in [6.45, 7) is 0.940. The highest BCUT2D eigenvalue weighted by molar-refractivity contribution is 6.39. The number of hydrogen-bond donors (Lipinski definition) is 1. The third kappa shape index (κ3) is 4.02. The summed E-state index contributed by atoms with van der Waals surface area (Å²) in [6, 6.07) is 14.1. The minimum Gasteiger partial charge on any atom is -0.483 e. The Kier molecular flexibility index (Phi) is 5.35. The number of carboxylic acids is 1.